The van der Waals surface area contributed by atoms with E-state index < -0.39 is 12.4 Å². The zero-order chi connectivity index (χ0) is 12.3. The molecule has 0 atom stereocenters. The largest absolute Gasteiger partial charge is 1.00 e. The van der Waals surface area contributed by atoms with Gasteiger partial charge in [-0.2, -0.15) is 0 Å². The Kier molecular flexibility index (Phi) is 6.37. The number of hydrogen-bond acceptors (Lipinski definition) is 1. The first-order valence-corrected chi connectivity index (χ1v) is 5.95. The maximum Gasteiger partial charge on any atom is 1.00 e. The Morgan fingerprint density at radius 1 is 0.944 bits per heavy atom. The topological polar surface area (TPSA) is 0 Å². The fourth-order valence-corrected chi connectivity index (χ4v) is 2.01. The second kappa shape index (κ2) is 7.07. The summed E-state index contributed by atoms with van der Waals surface area (Å²) in [5.74, 6) is 0. The molecule has 0 aliphatic rings. The summed E-state index contributed by atoms with van der Waals surface area (Å²) in [6, 6.07) is 9.08. The van der Waals surface area contributed by atoms with Gasteiger partial charge in [-0.1, -0.05) is 36.4 Å². The smallest absolute Gasteiger partial charge is 0.445 e. The predicted molar refractivity (Wildman–Crippen MR) is 68.4 cm³/mol. The molecule has 0 spiro atoms. The molecule has 0 radical (unpaired) electrons. The molecule has 1 aromatic heterocycles. The van der Waals surface area contributed by atoms with E-state index in [2.05, 4.69) is 0 Å². The van der Waals surface area contributed by atoms with Gasteiger partial charge >= 0.3 is 58.4 Å². The maximum absolute atomic E-state index is 12.4. The quantitative estimate of drug-likeness (QED) is 0.740. The molecule has 2 aromatic rings. The van der Waals surface area contributed by atoms with E-state index in [1.54, 1.807) is 17.4 Å². The van der Waals surface area contributed by atoms with Crippen LogP contribution in [-0.2, 0) is 0 Å². The van der Waals surface area contributed by atoms with Crippen LogP contribution in [0.5, 0.6) is 0 Å². The molecule has 0 aliphatic carbocycles. The van der Waals surface area contributed by atoms with Gasteiger partial charge in [0.1, 0.15) is 0 Å². The van der Waals surface area contributed by atoms with Gasteiger partial charge in [-0.05, 0) is 23.1 Å². The minimum atomic E-state index is -4.89. The van der Waals surface area contributed by atoms with Gasteiger partial charge in [0.05, 0.1) is 0 Å². The van der Waals surface area contributed by atoms with Gasteiger partial charge in [0, 0.05) is 4.88 Å². The number of halogens is 3. The molecule has 0 saturated carbocycles. The predicted octanol–water partition coefficient (Wildman–Crippen LogP) is 0.977. The Labute approximate surface area is 150 Å². The van der Waals surface area contributed by atoms with Crippen molar-refractivity contribution < 1.29 is 64.3 Å². The molecular weight excluding hydrogens is 283 g/mol. The van der Waals surface area contributed by atoms with Crippen LogP contribution < -0.4 is 56.8 Å². The zero-order valence-corrected chi connectivity index (χ0v) is 13.8. The average Bonchev–Trinajstić information content (AvgIpc) is 2.78. The normalized spacial score (nSPS) is 11.5. The number of benzene rings is 1. The van der Waals surface area contributed by atoms with E-state index in [-0.39, 0.29) is 51.4 Å². The van der Waals surface area contributed by atoms with Crippen molar-refractivity contribution in [2.75, 3.05) is 0 Å². The van der Waals surface area contributed by atoms with E-state index in [1.807, 2.05) is 23.6 Å². The molecule has 1 aromatic carbocycles. The van der Waals surface area contributed by atoms with E-state index in [4.69, 9.17) is 0 Å². The van der Waals surface area contributed by atoms with Crippen LogP contribution >= 0.6 is 11.3 Å². The Balaban J connectivity index is 0.00000162. The van der Waals surface area contributed by atoms with Gasteiger partial charge in [0.2, 0.25) is 0 Å². The standard InChI is InChI=1S/C12H9BF3S.K/c14-13(15,16)11-6-3-10(4-7-11)5-8-12-2-1-9-17-12;/h1-9H;/q-1;+1/b8-5+;. The van der Waals surface area contributed by atoms with Crippen molar-refractivity contribution in [2.24, 2.45) is 0 Å². The molecular formula is C12H9BF3KS. The molecule has 0 fully saturated rings. The van der Waals surface area contributed by atoms with Gasteiger partial charge in [-0.25, -0.2) is 0 Å². The Hall–Kier alpha value is 0.151. The van der Waals surface area contributed by atoms with E-state index in [0.717, 1.165) is 22.6 Å². The summed E-state index contributed by atoms with van der Waals surface area (Å²) in [4.78, 5) is 1.08. The molecule has 0 unspecified atom stereocenters. The number of rotatable bonds is 3. The molecule has 2 rings (SSSR count). The summed E-state index contributed by atoms with van der Waals surface area (Å²) >= 11 is 1.59. The van der Waals surface area contributed by atoms with Crippen molar-refractivity contribution in [3.63, 3.8) is 0 Å². The van der Waals surface area contributed by atoms with Crippen LogP contribution in [0.4, 0.5) is 12.9 Å². The summed E-state index contributed by atoms with van der Waals surface area (Å²) < 4.78 is 37.1. The van der Waals surface area contributed by atoms with Crippen LogP contribution in [0.3, 0.4) is 0 Å². The van der Waals surface area contributed by atoms with Crippen LogP contribution in [-0.4, -0.2) is 6.98 Å². The first-order valence-electron chi connectivity index (χ1n) is 5.07. The Morgan fingerprint density at radius 3 is 2.11 bits per heavy atom. The van der Waals surface area contributed by atoms with Gasteiger partial charge in [-0.3, -0.25) is 0 Å². The molecule has 0 bridgehead atoms. The molecule has 0 nitrogen and oxygen atoms in total. The summed E-state index contributed by atoms with van der Waals surface area (Å²) in [7, 11) is 0. The molecule has 0 aliphatic heterocycles. The van der Waals surface area contributed by atoms with E-state index in [9.17, 15) is 12.9 Å². The van der Waals surface area contributed by atoms with E-state index in [0.29, 0.717) is 0 Å². The molecule has 6 heteroatoms. The van der Waals surface area contributed by atoms with Crippen LogP contribution in [0.1, 0.15) is 10.4 Å². The molecule has 1 heterocycles. The van der Waals surface area contributed by atoms with Crippen LogP contribution in [0.2, 0.25) is 0 Å². The van der Waals surface area contributed by atoms with Crippen molar-refractivity contribution in [1.82, 2.24) is 0 Å². The summed E-state index contributed by atoms with van der Waals surface area (Å²) in [6.45, 7) is -4.89. The first kappa shape index (κ1) is 16.2. The van der Waals surface area contributed by atoms with Gasteiger partial charge < -0.3 is 12.9 Å². The van der Waals surface area contributed by atoms with Crippen LogP contribution in [0.15, 0.2) is 41.8 Å². The SMILES string of the molecule is F[B-](F)(F)c1ccc(/C=C/c2cccs2)cc1.[K+]. The third-order valence-electron chi connectivity index (χ3n) is 2.30. The second-order valence-corrected chi connectivity index (χ2v) is 4.57. The summed E-state index contributed by atoms with van der Waals surface area (Å²) in [6.07, 6.45) is 3.69. The Morgan fingerprint density at radius 2 is 1.61 bits per heavy atom. The second-order valence-electron chi connectivity index (χ2n) is 3.59. The van der Waals surface area contributed by atoms with Crippen molar-refractivity contribution in [3.05, 3.63) is 52.2 Å². The Bertz CT molecular complexity index is 503. The minimum absolute atomic E-state index is 0. The summed E-state index contributed by atoms with van der Waals surface area (Å²) in [5, 5.41) is 1.95. The van der Waals surface area contributed by atoms with Crippen LogP contribution in [0, 0.1) is 0 Å². The van der Waals surface area contributed by atoms with E-state index >= 15 is 0 Å². The van der Waals surface area contributed by atoms with Gasteiger partial charge in [0.25, 0.3) is 0 Å². The maximum atomic E-state index is 12.4. The average molecular weight is 292 g/mol. The molecule has 88 valence electrons. The molecule has 0 saturated heterocycles. The molecule has 0 amide bonds. The van der Waals surface area contributed by atoms with Crippen LogP contribution in [0.25, 0.3) is 12.2 Å². The van der Waals surface area contributed by atoms with Gasteiger partial charge in [0.15, 0.2) is 0 Å². The third-order valence-corrected chi connectivity index (χ3v) is 3.14. The molecule has 18 heavy (non-hydrogen) atoms. The third kappa shape index (κ3) is 4.68. The van der Waals surface area contributed by atoms with Crippen molar-refractivity contribution in [3.8, 4) is 0 Å². The summed E-state index contributed by atoms with van der Waals surface area (Å²) in [5.41, 5.74) is 0.209. The first-order chi connectivity index (χ1) is 8.05. The fourth-order valence-electron chi connectivity index (χ4n) is 1.39. The molecule has 0 N–H and O–H groups in total. The van der Waals surface area contributed by atoms with E-state index in [1.165, 1.54) is 12.1 Å². The number of hydrogen-bond donors (Lipinski definition) is 0. The van der Waals surface area contributed by atoms with Gasteiger partial charge in [-0.15, -0.1) is 16.8 Å². The fraction of sp³-hybridized carbons (Fsp3) is 0. The van der Waals surface area contributed by atoms with Crippen molar-refractivity contribution >= 4 is 35.9 Å². The number of thiophene rings is 1. The zero-order valence-electron chi connectivity index (χ0n) is 9.82. The van der Waals surface area contributed by atoms with Crippen molar-refractivity contribution in [2.45, 2.75) is 0 Å². The van der Waals surface area contributed by atoms with Crippen molar-refractivity contribution in [1.29, 1.82) is 0 Å². The minimum Gasteiger partial charge on any atom is -0.445 e. The monoisotopic (exact) mass is 292 g/mol.